The summed E-state index contributed by atoms with van der Waals surface area (Å²) in [5.74, 6) is 1.36. The van der Waals surface area contributed by atoms with Crippen molar-refractivity contribution < 1.29 is 4.79 Å². The van der Waals surface area contributed by atoms with Gasteiger partial charge in [-0.1, -0.05) is 6.07 Å². The number of piperidine rings is 2. The summed E-state index contributed by atoms with van der Waals surface area (Å²) in [6.45, 7) is 4.11. The molecule has 7 nitrogen and oxygen atoms in total. The molecule has 3 rings (SSSR count). The summed E-state index contributed by atoms with van der Waals surface area (Å²) < 4.78 is 0. The molecule has 0 atom stereocenters. The van der Waals surface area contributed by atoms with Crippen molar-refractivity contribution >= 4 is 17.7 Å². The highest BCUT2D eigenvalue weighted by Crippen LogP contribution is 2.25. The van der Waals surface area contributed by atoms with Crippen molar-refractivity contribution in [3.05, 3.63) is 23.9 Å². The number of aromatic nitrogens is 1. The fraction of sp³-hybridized carbons (Fsp3) is 0.611. The van der Waals surface area contributed by atoms with Crippen LogP contribution in [0, 0.1) is 5.92 Å². The second-order valence-electron chi connectivity index (χ2n) is 6.87. The molecule has 0 bridgehead atoms. The van der Waals surface area contributed by atoms with E-state index in [1.165, 1.54) is 19.3 Å². The van der Waals surface area contributed by atoms with Crippen LogP contribution in [0.4, 0.5) is 5.82 Å². The molecular weight excluding hydrogens is 316 g/mol. The lowest BCUT2D eigenvalue weighted by Gasteiger charge is -2.32. The Morgan fingerprint density at radius 1 is 1.16 bits per heavy atom. The molecule has 2 aliphatic rings. The number of hydrogen-bond donors (Lipinski definition) is 2. The van der Waals surface area contributed by atoms with E-state index in [0.29, 0.717) is 12.5 Å². The smallest absolute Gasteiger partial charge is 0.220 e. The quantitative estimate of drug-likeness (QED) is 0.629. The van der Waals surface area contributed by atoms with Gasteiger partial charge in [-0.2, -0.15) is 0 Å². The number of rotatable bonds is 4. The fourth-order valence-corrected chi connectivity index (χ4v) is 3.60. The van der Waals surface area contributed by atoms with Gasteiger partial charge in [-0.05, 0) is 38.2 Å². The SMILES string of the molecule is NC(=O)C1CCN(c2ncccc2CN=C(N)N2CCCCC2)CC1. The lowest BCUT2D eigenvalue weighted by atomic mass is 9.96. The highest BCUT2D eigenvalue weighted by atomic mass is 16.1. The van der Waals surface area contributed by atoms with Gasteiger partial charge in [0.2, 0.25) is 5.91 Å². The summed E-state index contributed by atoms with van der Waals surface area (Å²) in [7, 11) is 0. The summed E-state index contributed by atoms with van der Waals surface area (Å²) in [6.07, 6.45) is 7.01. The number of primary amides is 1. The van der Waals surface area contributed by atoms with Crippen LogP contribution in [0.25, 0.3) is 0 Å². The summed E-state index contributed by atoms with van der Waals surface area (Å²) in [4.78, 5) is 24.9. The molecule has 136 valence electrons. The van der Waals surface area contributed by atoms with Gasteiger partial charge in [0.05, 0.1) is 6.54 Å². The Bertz CT molecular complexity index is 618. The van der Waals surface area contributed by atoms with Crippen LogP contribution in [-0.2, 0) is 11.3 Å². The number of amides is 1. The van der Waals surface area contributed by atoms with Crippen molar-refractivity contribution in [3.63, 3.8) is 0 Å². The minimum atomic E-state index is -0.195. The summed E-state index contributed by atoms with van der Waals surface area (Å²) in [5, 5.41) is 0. The third kappa shape index (κ3) is 4.41. The standard InChI is InChI=1S/C18H28N6O/c19-16(25)14-6-11-23(12-7-14)17-15(5-4-8-21-17)13-22-18(20)24-9-2-1-3-10-24/h4-5,8,14H,1-3,6-7,9-13H2,(H2,19,25)(H2,20,22). The number of hydrogen-bond acceptors (Lipinski definition) is 4. The molecule has 0 spiro atoms. The van der Waals surface area contributed by atoms with Crippen LogP contribution in [0.3, 0.4) is 0 Å². The maximum absolute atomic E-state index is 11.3. The summed E-state index contributed by atoms with van der Waals surface area (Å²) in [5.41, 5.74) is 12.7. The Morgan fingerprint density at radius 3 is 2.56 bits per heavy atom. The third-order valence-electron chi connectivity index (χ3n) is 5.16. The van der Waals surface area contributed by atoms with E-state index >= 15 is 0 Å². The maximum Gasteiger partial charge on any atom is 0.220 e. The molecule has 2 aliphatic heterocycles. The molecule has 0 radical (unpaired) electrons. The molecule has 3 heterocycles. The van der Waals surface area contributed by atoms with Crippen LogP contribution < -0.4 is 16.4 Å². The number of nitrogens with zero attached hydrogens (tertiary/aromatic N) is 4. The minimum absolute atomic E-state index is 0.0174. The van der Waals surface area contributed by atoms with Crippen LogP contribution in [-0.4, -0.2) is 47.9 Å². The first kappa shape index (κ1) is 17.5. The highest BCUT2D eigenvalue weighted by Gasteiger charge is 2.25. The van der Waals surface area contributed by atoms with E-state index in [1.54, 1.807) is 6.20 Å². The van der Waals surface area contributed by atoms with Crippen molar-refractivity contribution in [2.24, 2.45) is 22.4 Å². The maximum atomic E-state index is 11.3. The monoisotopic (exact) mass is 344 g/mol. The van der Waals surface area contributed by atoms with Crippen LogP contribution in [0.15, 0.2) is 23.3 Å². The molecule has 0 aromatic carbocycles. The Balaban J connectivity index is 1.66. The van der Waals surface area contributed by atoms with E-state index in [2.05, 4.69) is 25.8 Å². The minimum Gasteiger partial charge on any atom is -0.370 e. The van der Waals surface area contributed by atoms with Crippen molar-refractivity contribution in [3.8, 4) is 0 Å². The predicted molar refractivity (Wildman–Crippen MR) is 99.1 cm³/mol. The van der Waals surface area contributed by atoms with Gasteiger partial charge in [-0.3, -0.25) is 4.79 Å². The van der Waals surface area contributed by atoms with Gasteiger partial charge < -0.3 is 21.3 Å². The average Bonchev–Trinajstić information content (AvgIpc) is 2.67. The number of guanidine groups is 1. The number of nitrogens with two attached hydrogens (primary N) is 2. The number of likely N-dealkylation sites (tertiary alicyclic amines) is 1. The van der Waals surface area contributed by atoms with Gasteiger partial charge in [-0.15, -0.1) is 0 Å². The van der Waals surface area contributed by atoms with E-state index in [1.807, 2.05) is 6.07 Å². The Hall–Kier alpha value is -2.31. The van der Waals surface area contributed by atoms with Crippen molar-refractivity contribution in [1.29, 1.82) is 0 Å². The van der Waals surface area contributed by atoms with E-state index in [9.17, 15) is 4.79 Å². The van der Waals surface area contributed by atoms with E-state index in [-0.39, 0.29) is 11.8 Å². The third-order valence-corrected chi connectivity index (χ3v) is 5.16. The topological polar surface area (TPSA) is 101 Å². The number of pyridine rings is 1. The molecule has 7 heteroatoms. The molecule has 1 aromatic rings. The number of anilines is 1. The molecule has 0 aliphatic carbocycles. The Labute approximate surface area is 149 Å². The predicted octanol–water partition coefficient (Wildman–Crippen LogP) is 1.08. The number of aliphatic imine (C=N–C) groups is 1. The molecular formula is C18H28N6O. The second kappa shape index (κ2) is 8.18. The average molecular weight is 344 g/mol. The highest BCUT2D eigenvalue weighted by molar-refractivity contribution is 5.78. The first-order chi connectivity index (χ1) is 12.1. The molecule has 2 saturated heterocycles. The summed E-state index contributed by atoms with van der Waals surface area (Å²) >= 11 is 0. The van der Waals surface area contributed by atoms with Gasteiger partial charge in [0, 0.05) is 43.9 Å². The molecule has 0 saturated carbocycles. The molecule has 0 unspecified atom stereocenters. The lowest BCUT2D eigenvalue weighted by Crippen LogP contribution is -2.41. The molecule has 1 amide bonds. The first-order valence-corrected chi connectivity index (χ1v) is 9.18. The molecule has 4 N–H and O–H groups in total. The zero-order valence-corrected chi connectivity index (χ0v) is 14.7. The summed E-state index contributed by atoms with van der Waals surface area (Å²) in [6, 6.07) is 3.98. The van der Waals surface area contributed by atoms with Crippen LogP contribution in [0.5, 0.6) is 0 Å². The van der Waals surface area contributed by atoms with Gasteiger partial charge in [0.1, 0.15) is 5.82 Å². The lowest BCUT2D eigenvalue weighted by molar-refractivity contribution is -0.122. The van der Waals surface area contributed by atoms with Crippen molar-refractivity contribution in [2.45, 2.75) is 38.6 Å². The Kier molecular flexibility index (Phi) is 5.73. The van der Waals surface area contributed by atoms with Crippen LogP contribution in [0.1, 0.15) is 37.7 Å². The largest absolute Gasteiger partial charge is 0.370 e. The van der Waals surface area contributed by atoms with Crippen molar-refractivity contribution in [1.82, 2.24) is 9.88 Å². The van der Waals surface area contributed by atoms with Gasteiger partial charge in [-0.25, -0.2) is 9.98 Å². The van der Waals surface area contributed by atoms with Gasteiger partial charge in [0.15, 0.2) is 5.96 Å². The van der Waals surface area contributed by atoms with E-state index in [4.69, 9.17) is 11.5 Å². The fourth-order valence-electron chi connectivity index (χ4n) is 3.60. The first-order valence-electron chi connectivity index (χ1n) is 9.18. The van der Waals surface area contributed by atoms with Crippen LogP contribution >= 0.6 is 0 Å². The normalized spacial score (nSPS) is 19.9. The van der Waals surface area contributed by atoms with E-state index < -0.39 is 0 Å². The number of carbonyl (C=O) groups is 1. The zero-order chi connectivity index (χ0) is 17.6. The van der Waals surface area contributed by atoms with Crippen LogP contribution in [0.2, 0.25) is 0 Å². The van der Waals surface area contributed by atoms with Crippen molar-refractivity contribution in [2.75, 3.05) is 31.1 Å². The number of carbonyl (C=O) groups excluding carboxylic acids is 1. The second-order valence-corrected chi connectivity index (χ2v) is 6.87. The molecule has 25 heavy (non-hydrogen) atoms. The Morgan fingerprint density at radius 2 is 1.88 bits per heavy atom. The molecule has 1 aromatic heterocycles. The molecule has 2 fully saturated rings. The van der Waals surface area contributed by atoms with Gasteiger partial charge in [0.25, 0.3) is 0 Å². The van der Waals surface area contributed by atoms with E-state index in [0.717, 1.165) is 50.4 Å². The van der Waals surface area contributed by atoms with Gasteiger partial charge >= 0.3 is 0 Å². The zero-order valence-electron chi connectivity index (χ0n) is 14.7.